The molecule has 0 bridgehead atoms. The quantitative estimate of drug-likeness (QED) is 0.528. The van der Waals surface area contributed by atoms with Crippen LogP contribution in [-0.2, 0) is 6.18 Å². The fourth-order valence-electron chi connectivity index (χ4n) is 1.66. The van der Waals surface area contributed by atoms with E-state index in [0.29, 0.717) is 0 Å². The van der Waals surface area contributed by atoms with Crippen molar-refractivity contribution in [2.24, 2.45) is 0 Å². The van der Waals surface area contributed by atoms with E-state index in [4.69, 9.17) is 10.5 Å². The van der Waals surface area contributed by atoms with Crippen LogP contribution in [-0.4, -0.2) is 4.92 Å². The highest BCUT2D eigenvalue weighted by atomic mass is 19.4. The molecule has 5 nitrogen and oxygen atoms in total. The van der Waals surface area contributed by atoms with Crippen molar-refractivity contribution >= 4 is 11.4 Å². The van der Waals surface area contributed by atoms with Gasteiger partial charge in [0.15, 0.2) is 0 Å². The highest BCUT2D eigenvalue weighted by Crippen LogP contribution is 2.38. The zero-order chi connectivity index (χ0) is 15.6. The molecule has 8 heteroatoms. The van der Waals surface area contributed by atoms with Crippen LogP contribution < -0.4 is 10.5 Å². The third kappa shape index (κ3) is 3.22. The van der Waals surface area contributed by atoms with Crippen molar-refractivity contribution in [2.75, 3.05) is 5.73 Å². The second kappa shape index (κ2) is 5.31. The number of nitro groups is 1. The lowest BCUT2D eigenvalue weighted by atomic mass is 10.2. The Morgan fingerprint density at radius 3 is 2.43 bits per heavy atom. The molecule has 0 fully saturated rings. The number of hydrogen-bond acceptors (Lipinski definition) is 4. The molecule has 0 unspecified atom stereocenters. The fraction of sp³-hybridized carbons (Fsp3) is 0.0769. The molecule has 0 radical (unpaired) electrons. The summed E-state index contributed by atoms with van der Waals surface area (Å²) in [5.41, 5.74) is 3.90. The van der Waals surface area contributed by atoms with E-state index in [9.17, 15) is 23.3 Å². The van der Waals surface area contributed by atoms with Gasteiger partial charge in [-0.05, 0) is 24.3 Å². The second-order valence-electron chi connectivity index (χ2n) is 4.07. The molecule has 2 aromatic carbocycles. The first-order valence-electron chi connectivity index (χ1n) is 5.67. The molecule has 0 saturated heterocycles. The molecule has 2 rings (SSSR count). The van der Waals surface area contributed by atoms with Crippen LogP contribution in [0.25, 0.3) is 0 Å². The van der Waals surface area contributed by atoms with Gasteiger partial charge in [0.1, 0.15) is 17.2 Å². The van der Waals surface area contributed by atoms with Gasteiger partial charge in [0.05, 0.1) is 16.6 Å². The molecule has 0 aromatic heterocycles. The van der Waals surface area contributed by atoms with Crippen LogP contribution in [0.1, 0.15) is 5.56 Å². The van der Waals surface area contributed by atoms with E-state index in [1.807, 2.05) is 0 Å². The summed E-state index contributed by atoms with van der Waals surface area (Å²) in [5, 5.41) is 10.7. The Labute approximate surface area is 116 Å². The van der Waals surface area contributed by atoms with E-state index < -0.39 is 28.1 Å². The Hall–Kier alpha value is -2.77. The molecule has 0 aliphatic carbocycles. The monoisotopic (exact) mass is 298 g/mol. The number of para-hydroxylation sites is 1. The van der Waals surface area contributed by atoms with Gasteiger partial charge < -0.3 is 10.5 Å². The molecule has 110 valence electrons. The van der Waals surface area contributed by atoms with Crippen molar-refractivity contribution in [1.29, 1.82) is 0 Å². The van der Waals surface area contributed by atoms with E-state index in [-0.39, 0.29) is 11.4 Å². The van der Waals surface area contributed by atoms with Crippen LogP contribution in [0.15, 0.2) is 42.5 Å². The third-order valence-corrected chi connectivity index (χ3v) is 2.62. The van der Waals surface area contributed by atoms with Gasteiger partial charge in [-0.2, -0.15) is 13.2 Å². The van der Waals surface area contributed by atoms with Gasteiger partial charge in [-0.25, -0.2) is 0 Å². The Morgan fingerprint density at radius 2 is 1.81 bits per heavy atom. The SMILES string of the molecule is Nc1ccc(Oc2ccccc2C(F)(F)F)cc1[N+](=O)[O-]. The van der Waals surface area contributed by atoms with Crippen LogP contribution in [0.5, 0.6) is 11.5 Å². The Morgan fingerprint density at radius 1 is 1.14 bits per heavy atom. The van der Waals surface area contributed by atoms with E-state index in [1.54, 1.807) is 0 Å². The first-order valence-corrected chi connectivity index (χ1v) is 5.67. The van der Waals surface area contributed by atoms with Gasteiger partial charge in [-0.3, -0.25) is 10.1 Å². The molecule has 2 aromatic rings. The summed E-state index contributed by atoms with van der Waals surface area (Å²) in [5.74, 6) is -0.545. The highest BCUT2D eigenvalue weighted by molar-refractivity contribution is 5.61. The van der Waals surface area contributed by atoms with Crippen molar-refractivity contribution in [3.05, 3.63) is 58.1 Å². The molecule has 0 spiro atoms. The number of halogens is 3. The van der Waals surface area contributed by atoms with Crippen LogP contribution >= 0.6 is 0 Å². The third-order valence-electron chi connectivity index (χ3n) is 2.62. The molecule has 0 amide bonds. The van der Waals surface area contributed by atoms with Crippen molar-refractivity contribution < 1.29 is 22.8 Å². The maximum Gasteiger partial charge on any atom is 0.419 e. The molecule has 0 aliphatic rings. The first-order chi connectivity index (χ1) is 9.79. The van der Waals surface area contributed by atoms with Crippen molar-refractivity contribution in [3.8, 4) is 11.5 Å². The number of nitrogens with two attached hydrogens (primary N) is 1. The van der Waals surface area contributed by atoms with Gasteiger partial charge >= 0.3 is 6.18 Å². The summed E-state index contributed by atoms with van der Waals surface area (Å²) in [6, 6.07) is 8.02. The van der Waals surface area contributed by atoms with Gasteiger partial charge in [-0.1, -0.05) is 12.1 Å². The molecule has 0 aliphatic heterocycles. The van der Waals surface area contributed by atoms with Gasteiger partial charge in [-0.15, -0.1) is 0 Å². The van der Waals surface area contributed by atoms with E-state index >= 15 is 0 Å². The number of rotatable bonds is 3. The predicted molar refractivity (Wildman–Crippen MR) is 69.0 cm³/mol. The fourth-order valence-corrected chi connectivity index (χ4v) is 1.66. The number of anilines is 1. The summed E-state index contributed by atoms with van der Waals surface area (Å²) in [6.07, 6.45) is -4.59. The van der Waals surface area contributed by atoms with Crippen molar-refractivity contribution in [3.63, 3.8) is 0 Å². The number of nitrogens with zero attached hydrogens (tertiary/aromatic N) is 1. The van der Waals surface area contributed by atoms with E-state index in [2.05, 4.69) is 0 Å². The smallest absolute Gasteiger partial charge is 0.419 e. The summed E-state index contributed by atoms with van der Waals surface area (Å²) in [4.78, 5) is 10.0. The van der Waals surface area contributed by atoms with E-state index in [1.165, 1.54) is 24.3 Å². The minimum Gasteiger partial charge on any atom is -0.456 e. The summed E-state index contributed by atoms with van der Waals surface area (Å²) < 4.78 is 43.5. The second-order valence-corrected chi connectivity index (χ2v) is 4.07. The van der Waals surface area contributed by atoms with Gasteiger partial charge in [0.2, 0.25) is 0 Å². The molecule has 2 N–H and O–H groups in total. The summed E-state index contributed by atoms with van der Waals surface area (Å²) in [6.45, 7) is 0. The first kappa shape index (κ1) is 14.6. The zero-order valence-electron chi connectivity index (χ0n) is 10.4. The number of nitro benzene ring substituents is 1. The minimum absolute atomic E-state index is 0.101. The zero-order valence-corrected chi connectivity index (χ0v) is 10.4. The predicted octanol–water partition coefficient (Wildman–Crippen LogP) is 3.99. The Bertz CT molecular complexity index is 687. The summed E-state index contributed by atoms with van der Waals surface area (Å²) >= 11 is 0. The molecule has 0 heterocycles. The van der Waals surface area contributed by atoms with Crippen LogP contribution in [0.2, 0.25) is 0 Å². The molecular weight excluding hydrogens is 289 g/mol. The standard InChI is InChI=1S/C13H9F3N2O3/c14-13(15,16)9-3-1-2-4-12(9)21-8-5-6-10(17)11(7-8)18(19)20/h1-7H,17H2. The van der Waals surface area contributed by atoms with Crippen LogP contribution in [0, 0.1) is 10.1 Å². The number of ether oxygens (including phenoxy) is 1. The number of benzene rings is 2. The van der Waals surface area contributed by atoms with Crippen LogP contribution in [0.3, 0.4) is 0 Å². The average molecular weight is 298 g/mol. The van der Waals surface area contributed by atoms with Gasteiger partial charge in [0, 0.05) is 0 Å². The molecular formula is C13H9F3N2O3. The Balaban J connectivity index is 2.40. The van der Waals surface area contributed by atoms with Crippen LogP contribution in [0.4, 0.5) is 24.5 Å². The number of alkyl halides is 3. The molecule has 21 heavy (non-hydrogen) atoms. The molecule has 0 saturated carbocycles. The van der Waals surface area contributed by atoms with Gasteiger partial charge in [0.25, 0.3) is 5.69 Å². The molecule has 0 atom stereocenters. The van der Waals surface area contributed by atoms with Crippen molar-refractivity contribution in [2.45, 2.75) is 6.18 Å². The lowest BCUT2D eigenvalue weighted by Gasteiger charge is -2.13. The summed E-state index contributed by atoms with van der Waals surface area (Å²) in [7, 11) is 0. The lowest BCUT2D eigenvalue weighted by Crippen LogP contribution is -2.06. The minimum atomic E-state index is -4.59. The highest BCUT2D eigenvalue weighted by Gasteiger charge is 2.34. The Kier molecular flexibility index (Phi) is 3.70. The largest absolute Gasteiger partial charge is 0.456 e. The normalized spacial score (nSPS) is 11.2. The maximum absolute atomic E-state index is 12.8. The average Bonchev–Trinajstić information content (AvgIpc) is 2.40. The topological polar surface area (TPSA) is 78.4 Å². The number of nitrogen functional groups attached to an aromatic ring is 1. The van der Waals surface area contributed by atoms with Crippen molar-refractivity contribution in [1.82, 2.24) is 0 Å². The lowest BCUT2D eigenvalue weighted by molar-refractivity contribution is -0.384. The van der Waals surface area contributed by atoms with E-state index in [0.717, 1.165) is 18.2 Å². The maximum atomic E-state index is 12.8. The number of hydrogen-bond donors (Lipinski definition) is 1.